The highest BCUT2D eigenvalue weighted by Crippen LogP contribution is 2.31. The standard InChI is InChI=1S/C18H18O5/c19-14-3-1-2-11(5-14)4-13-10-23-18(22)17(13)8-12-6-15(20)9-16(21)7-12/h1-3,5-7,9,13,17,19-21H,4,8,10H2/t13-,17+/m0/s1/i1D,2D,3D,5D,6D,7D,9D. The molecule has 3 N–H and O–H groups in total. The highest BCUT2D eigenvalue weighted by molar-refractivity contribution is 5.75. The van der Waals surface area contributed by atoms with Crippen LogP contribution in [0.25, 0.3) is 0 Å². The first kappa shape index (κ1) is 8.82. The first-order valence-corrected chi connectivity index (χ1v) is 6.92. The number of carbonyl (C=O) groups is 1. The zero-order valence-electron chi connectivity index (χ0n) is 18.9. The van der Waals surface area contributed by atoms with Crippen molar-refractivity contribution < 1.29 is 34.4 Å². The molecule has 2 aromatic carbocycles. The maximum Gasteiger partial charge on any atom is 0.309 e. The van der Waals surface area contributed by atoms with E-state index in [2.05, 4.69) is 0 Å². The number of carbonyl (C=O) groups excluding carboxylic acids is 1. The van der Waals surface area contributed by atoms with E-state index >= 15 is 0 Å². The average Bonchev–Trinajstić information content (AvgIpc) is 3.07. The molecule has 1 aliphatic rings. The molecule has 0 aromatic heterocycles. The van der Waals surface area contributed by atoms with Gasteiger partial charge in [-0.15, -0.1) is 0 Å². The van der Waals surface area contributed by atoms with E-state index < -0.39 is 77.4 Å². The van der Waals surface area contributed by atoms with Crippen molar-refractivity contribution in [3.8, 4) is 17.2 Å². The van der Waals surface area contributed by atoms with E-state index in [1.54, 1.807) is 0 Å². The first-order chi connectivity index (χ1) is 14.0. The Balaban J connectivity index is 1.98. The minimum absolute atomic E-state index is 0.0359. The largest absolute Gasteiger partial charge is 0.508 e. The van der Waals surface area contributed by atoms with Crippen LogP contribution in [0.4, 0.5) is 0 Å². The summed E-state index contributed by atoms with van der Waals surface area (Å²) in [6.45, 7) is -0.103. The number of aromatic hydroxyl groups is 3. The fourth-order valence-corrected chi connectivity index (χ4v) is 2.61. The number of phenolic OH excluding ortho intramolecular Hbond substituents is 3. The van der Waals surface area contributed by atoms with Crippen LogP contribution in [0.3, 0.4) is 0 Å². The molecule has 1 saturated heterocycles. The van der Waals surface area contributed by atoms with Crippen LogP contribution in [0, 0.1) is 11.8 Å². The summed E-state index contributed by atoms with van der Waals surface area (Å²) in [7, 11) is 0. The predicted octanol–water partition coefficient (Wildman–Crippen LogP) is 2.38. The molecule has 0 amide bonds. The number of benzene rings is 2. The summed E-state index contributed by atoms with van der Waals surface area (Å²) in [5.41, 5.74) is -0.191. The third-order valence-electron chi connectivity index (χ3n) is 3.64. The van der Waals surface area contributed by atoms with Crippen molar-refractivity contribution in [3.63, 3.8) is 0 Å². The Bertz CT molecular complexity index is 998. The Hall–Kier alpha value is -2.69. The normalized spacial score (nSPS) is 24.7. The van der Waals surface area contributed by atoms with Crippen molar-refractivity contribution in [3.05, 3.63) is 53.4 Å². The maximum atomic E-state index is 12.3. The molecule has 0 bridgehead atoms. The Morgan fingerprint density at radius 1 is 1.00 bits per heavy atom. The van der Waals surface area contributed by atoms with Crippen molar-refractivity contribution >= 4 is 5.97 Å². The lowest BCUT2D eigenvalue weighted by atomic mass is 9.85. The van der Waals surface area contributed by atoms with Gasteiger partial charge in [0.15, 0.2) is 0 Å². The van der Waals surface area contributed by atoms with Gasteiger partial charge >= 0.3 is 5.97 Å². The highest BCUT2D eigenvalue weighted by Gasteiger charge is 2.36. The molecule has 0 spiro atoms. The molecule has 23 heavy (non-hydrogen) atoms. The molecule has 1 aliphatic heterocycles. The van der Waals surface area contributed by atoms with Crippen LogP contribution in [-0.4, -0.2) is 27.9 Å². The number of cyclic esters (lactones) is 1. The monoisotopic (exact) mass is 321 g/mol. The minimum atomic E-state index is -0.945. The number of rotatable bonds is 4. The van der Waals surface area contributed by atoms with Crippen molar-refractivity contribution in [2.45, 2.75) is 12.8 Å². The van der Waals surface area contributed by atoms with Crippen molar-refractivity contribution in [1.29, 1.82) is 0 Å². The van der Waals surface area contributed by atoms with Gasteiger partial charge in [0.1, 0.15) is 17.2 Å². The molecule has 2 aromatic rings. The van der Waals surface area contributed by atoms with Crippen LogP contribution in [-0.2, 0) is 22.4 Å². The van der Waals surface area contributed by atoms with Crippen molar-refractivity contribution in [2.75, 3.05) is 6.61 Å². The first-order valence-electron chi connectivity index (χ1n) is 10.4. The third-order valence-corrected chi connectivity index (χ3v) is 3.64. The quantitative estimate of drug-likeness (QED) is 0.753. The van der Waals surface area contributed by atoms with Gasteiger partial charge in [-0.1, -0.05) is 12.1 Å². The van der Waals surface area contributed by atoms with Gasteiger partial charge in [-0.2, -0.15) is 0 Å². The second kappa shape index (κ2) is 6.20. The third kappa shape index (κ3) is 3.56. The second-order valence-corrected chi connectivity index (χ2v) is 5.28. The number of ether oxygens (including phenoxy) is 1. The predicted molar refractivity (Wildman–Crippen MR) is 83.2 cm³/mol. The number of esters is 1. The van der Waals surface area contributed by atoms with Gasteiger partial charge in [-0.05, 0) is 48.1 Å². The maximum absolute atomic E-state index is 12.3. The zero-order valence-corrected chi connectivity index (χ0v) is 11.9. The highest BCUT2D eigenvalue weighted by atomic mass is 16.5. The van der Waals surface area contributed by atoms with Crippen LogP contribution in [0.1, 0.15) is 20.7 Å². The lowest BCUT2D eigenvalue weighted by Crippen LogP contribution is -2.20. The molecule has 3 rings (SSSR count). The van der Waals surface area contributed by atoms with Gasteiger partial charge in [0.05, 0.1) is 22.1 Å². The summed E-state index contributed by atoms with van der Waals surface area (Å²) in [4.78, 5) is 12.3. The molecule has 5 heteroatoms. The second-order valence-electron chi connectivity index (χ2n) is 5.28. The number of hydrogen-bond donors (Lipinski definition) is 3. The molecule has 5 nitrogen and oxygen atoms in total. The van der Waals surface area contributed by atoms with E-state index in [0.29, 0.717) is 0 Å². The van der Waals surface area contributed by atoms with Gasteiger partial charge < -0.3 is 20.1 Å². The molecule has 0 saturated carbocycles. The molecule has 0 aliphatic carbocycles. The van der Waals surface area contributed by atoms with Gasteiger partial charge in [0.2, 0.25) is 0 Å². The van der Waals surface area contributed by atoms with E-state index in [0.717, 1.165) is 0 Å². The summed E-state index contributed by atoms with van der Waals surface area (Å²) in [5, 5.41) is 29.6. The molecule has 1 fully saturated rings. The van der Waals surface area contributed by atoms with Gasteiger partial charge in [0.25, 0.3) is 0 Å². The molecule has 120 valence electrons. The Kier molecular flexibility index (Phi) is 2.38. The summed E-state index contributed by atoms with van der Waals surface area (Å²) >= 11 is 0. The fourth-order valence-electron chi connectivity index (χ4n) is 2.61. The Morgan fingerprint density at radius 3 is 2.43 bits per heavy atom. The van der Waals surface area contributed by atoms with E-state index in [1.165, 1.54) is 0 Å². The SMILES string of the molecule is [2H]c1c([2H])c(O)c([2H])c(C[C@H]2COC(=O)[C@@H]2Cc2c([2H])c(O)c([2H])c(O)c2[2H])c1[2H]. The van der Waals surface area contributed by atoms with E-state index in [4.69, 9.17) is 14.3 Å². The minimum Gasteiger partial charge on any atom is -0.508 e. The smallest absolute Gasteiger partial charge is 0.309 e. The van der Waals surface area contributed by atoms with Crippen LogP contribution in [0.2, 0.25) is 0 Å². The lowest BCUT2D eigenvalue weighted by molar-refractivity contribution is -0.141. The lowest BCUT2D eigenvalue weighted by Gasteiger charge is -2.16. The molecule has 0 radical (unpaired) electrons. The average molecular weight is 321 g/mol. The Labute approximate surface area is 143 Å². The summed E-state index contributed by atoms with van der Waals surface area (Å²) < 4.78 is 59.8. The Morgan fingerprint density at radius 2 is 1.70 bits per heavy atom. The molecule has 1 heterocycles. The number of phenols is 3. The van der Waals surface area contributed by atoms with E-state index in [9.17, 15) is 20.1 Å². The zero-order chi connectivity index (χ0) is 22.5. The van der Waals surface area contributed by atoms with Gasteiger partial charge in [-0.3, -0.25) is 4.79 Å². The molecular formula is C18H18O5. The molecule has 0 unspecified atom stereocenters. The van der Waals surface area contributed by atoms with E-state index in [1.807, 2.05) is 0 Å². The van der Waals surface area contributed by atoms with Gasteiger partial charge in [0, 0.05) is 12.0 Å². The fraction of sp³-hybridized carbons (Fsp3) is 0.278. The molecule has 2 atom stereocenters. The van der Waals surface area contributed by atoms with Crippen LogP contribution in [0.15, 0.2) is 42.3 Å². The van der Waals surface area contributed by atoms with Crippen LogP contribution < -0.4 is 0 Å². The van der Waals surface area contributed by atoms with E-state index in [-0.39, 0.29) is 30.6 Å². The number of hydrogen-bond acceptors (Lipinski definition) is 5. The van der Waals surface area contributed by atoms with Crippen LogP contribution >= 0.6 is 0 Å². The summed E-state index contributed by atoms with van der Waals surface area (Å²) in [6, 6.07) is -3.98. The summed E-state index contributed by atoms with van der Waals surface area (Å²) in [6.07, 6.45) is -0.373. The van der Waals surface area contributed by atoms with Gasteiger partial charge in [-0.25, -0.2) is 0 Å². The summed E-state index contributed by atoms with van der Waals surface area (Å²) in [5.74, 6) is -4.63. The van der Waals surface area contributed by atoms with Crippen molar-refractivity contribution in [1.82, 2.24) is 0 Å². The topological polar surface area (TPSA) is 87.0 Å². The molecular weight excluding hydrogens is 296 g/mol. The van der Waals surface area contributed by atoms with Crippen molar-refractivity contribution in [2.24, 2.45) is 11.8 Å². The van der Waals surface area contributed by atoms with Crippen LogP contribution in [0.5, 0.6) is 17.2 Å².